The molecule has 6 aromatic carbocycles. The molecule has 1 N–H and O–H groups in total. The van der Waals surface area contributed by atoms with E-state index in [1.807, 2.05) is 84.9 Å². The van der Waals surface area contributed by atoms with Crippen LogP contribution in [0.1, 0.15) is 22.3 Å². The molecule has 0 aliphatic heterocycles. The zero-order valence-electron chi connectivity index (χ0n) is 29.3. The van der Waals surface area contributed by atoms with Gasteiger partial charge in [-0.2, -0.15) is 0 Å². The summed E-state index contributed by atoms with van der Waals surface area (Å²) >= 11 is 0. The van der Waals surface area contributed by atoms with Crippen LogP contribution >= 0.6 is 0 Å². The van der Waals surface area contributed by atoms with E-state index in [1.54, 1.807) is 0 Å². The highest BCUT2D eigenvalue weighted by Crippen LogP contribution is 2.35. The van der Waals surface area contributed by atoms with Crippen LogP contribution in [-0.2, 0) is 36.1 Å². The number of hydrogen-bond acceptors (Lipinski definition) is 5. The molecule has 0 atom stereocenters. The standard InChI is InChI=1S/C44H43N3O4S/c1-52(48,49)47(32-36-14-7-3-8-15-36)38-19-11-18-34(28-38)24-25-45-26-27-50-40-20-22-41-42-29-39(51-33-37-16-9-4-10-17-37)21-23-43(42)46(44(41)30-40)31-35-12-5-2-6-13-35/h2-23,28-30,45H,24-27,31-33H2,1H3. The molecule has 0 spiro atoms. The number of nitrogens with zero attached hydrogens (tertiary/aromatic N) is 2. The van der Waals surface area contributed by atoms with Gasteiger partial charge in [0.05, 0.1) is 24.0 Å². The lowest BCUT2D eigenvalue weighted by Crippen LogP contribution is -2.29. The summed E-state index contributed by atoms with van der Waals surface area (Å²) in [5, 5.41) is 5.78. The lowest BCUT2D eigenvalue weighted by molar-refractivity contribution is 0.306. The van der Waals surface area contributed by atoms with E-state index >= 15 is 0 Å². The van der Waals surface area contributed by atoms with Crippen LogP contribution in [-0.4, -0.2) is 38.9 Å². The second-order valence-corrected chi connectivity index (χ2v) is 14.9. The van der Waals surface area contributed by atoms with Crippen LogP contribution < -0.4 is 19.1 Å². The molecule has 264 valence electrons. The first kappa shape index (κ1) is 34.9. The Morgan fingerprint density at radius 2 is 1.25 bits per heavy atom. The molecular formula is C44H43N3O4S. The quantitative estimate of drug-likeness (QED) is 0.102. The highest BCUT2D eigenvalue weighted by Gasteiger charge is 2.18. The normalized spacial score (nSPS) is 11.6. The average Bonchev–Trinajstić information content (AvgIpc) is 3.46. The average molecular weight is 710 g/mol. The predicted molar refractivity (Wildman–Crippen MR) is 212 cm³/mol. The molecule has 0 bridgehead atoms. The van der Waals surface area contributed by atoms with E-state index in [2.05, 4.69) is 76.6 Å². The molecule has 8 heteroatoms. The molecule has 1 aromatic heterocycles. The Morgan fingerprint density at radius 1 is 0.596 bits per heavy atom. The lowest BCUT2D eigenvalue weighted by Gasteiger charge is -2.23. The van der Waals surface area contributed by atoms with Crippen LogP contribution in [0.2, 0.25) is 0 Å². The maximum Gasteiger partial charge on any atom is 0.232 e. The molecule has 7 rings (SSSR count). The summed E-state index contributed by atoms with van der Waals surface area (Å²) in [6.45, 7) is 3.48. The van der Waals surface area contributed by atoms with Gasteiger partial charge in [0.25, 0.3) is 0 Å². The van der Waals surface area contributed by atoms with Crippen molar-refractivity contribution in [3.63, 3.8) is 0 Å². The fourth-order valence-corrected chi connectivity index (χ4v) is 7.41. The Hall–Kier alpha value is -5.57. The molecule has 0 saturated heterocycles. The van der Waals surface area contributed by atoms with Gasteiger partial charge >= 0.3 is 0 Å². The van der Waals surface area contributed by atoms with E-state index in [-0.39, 0.29) is 0 Å². The van der Waals surface area contributed by atoms with Crippen molar-refractivity contribution in [2.75, 3.05) is 30.3 Å². The van der Waals surface area contributed by atoms with Gasteiger partial charge in [0.1, 0.15) is 24.7 Å². The lowest BCUT2D eigenvalue weighted by atomic mass is 10.1. The molecule has 0 radical (unpaired) electrons. The van der Waals surface area contributed by atoms with E-state index in [1.165, 1.54) is 16.1 Å². The van der Waals surface area contributed by atoms with Crippen LogP contribution in [0.4, 0.5) is 5.69 Å². The van der Waals surface area contributed by atoms with Crippen LogP contribution in [0.25, 0.3) is 21.8 Å². The number of rotatable bonds is 16. The number of anilines is 1. The van der Waals surface area contributed by atoms with E-state index < -0.39 is 10.0 Å². The molecule has 0 fully saturated rings. The third-order valence-corrected chi connectivity index (χ3v) is 10.3. The zero-order valence-corrected chi connectivity index (χ0v) is 30.1. The Bertz CT molecular complexity index is 2340. The fourth-order valence-electron chi connectivity index (χ4n) is 6.53. The zero-order chi connectivity index (χ0) is 35.8. The largest absolute Gasteiger partial charge is 0.492 e. The summed E-state index contributed by atoms with van der Waals surface area (Å²) in [6, 6.07) is 50.8. The highest BCUT2D eigenvalue weighted by atomic mass is 32.2. The van der Waals surface area contributed by atoms with Crippen LogP contribution in [0.15, 0.2) is 152 Å². The molecular weight excluding hydrogens is 667 g/mol. The van der Waals surface area contributed by atoms with E-state index in [4.69, 9.17) is 9.47 Å². The van der Waals surface area contributed by atoms with Crippen molar-refractivity contribution in [1.29, 1.82) is 0 Å². The highest BCUT2D eigenvalue weighted by molar-refractivity contribution is 7.92. The van der Waals surface area contributed by atoms with Gasteiger partial charge in [-0.3, -0.25) is 4.31 Å². The number of aromatic nitrogens is 1. The molecule has 7 aromatic rings. The van der Waals surface area contributed by atoms with E-state index in [0.717, 1.165) is 69.5 Å². The van der Waals surface area contributed by atoms with Crippen molar-refractivity contribution in [1.82, 2.24) is 9.88 Å². The summed E-state index contributed by atoms with van der Waals surface area (Å²) in [7, 11) is -3.45. The summed E-state index contributed by atoms with van der Waals surface area (Å²) in [5.74, 6) is 1.66. The summed E-state index contributed by atoms with van der Waals surface area (Å²) < 4.78 is 41.6. The van der Waals surface area contributed by atoms with Crippen molar-refractivity contribution < 1.29 is 17.9 Å². The van der Waals surface area contributed by atoms with Crippen LogP contribution in [0.3, 0.4) is 0 Å². The molecule has 52 heavy (non-hydrogen) atoms. The van der Waals surface area contributed by atoms with Gasteiger partial charge in [-0.1, -0.05) is 103 Å². The number of ether oxygens (including phenoxy) is 2. The number of benzene rings is 6. The SMILES string of the molecule is CS(=O)(=O)N(Cc1ccccc1)c1cccc(CCNCCOc2ccc3c4cc(OCc5ccccc5)ccc4n(Cc4ccccc4)c3c2)c1. The predicted octanol–water partition coefficient (Wildman–Crippen LogP) is 8.60. The van der Waals surface area contributed by atoms with Gasteiger partial charge in [0, 0.05) is 35.4 Å². The van der Waals surface area contributed by atoms with Crippen LogP contribution in [0.5, 0.6) is 11.5 Å². The maximum atomic E-state index is 12.7. The summed E-state index contributed by atoms with van der Waals surface area (Å²) in [6.07, 6.45) is 2.02. The third kappa shape index (κ3) is 8.65. The van der Waals surface area contributed by atoms with Crippen molar-refractivity contribution in [2.24, 2.45) is 0 Å². The molecule has 0 saturated carbocycles. The third-order valence-electron chi connectivity index (χ3n) is 9.15. The molecule has 7 nitrogen and oxygen atoms in total. The second-order valence-electron chi connectivity index (χ2n) is 13.0. The van der Waals surface area contributed by atoms with Gasteiger partial charge in [0.15, 0.2) is 0 Å². The first-order valence-corrected chi connectivity index (χ1v) is 19.5. The number of hydrogen-bond donors (Lipinski definition) is 1. The molecule has 1 heterocycles. The van der Waals surface area contributed by atoms with E-state index in [0.29, 0.717) is 32.0 Å². The first-order chi connectivity index (χ1) is 25.4. The van der Waals surface area contributed by atoms with Crippen molar-refractivity contribution in [2.45, 2.75) is 26.1 Å². The minimum atomic E-state index is -3.45. The monoisotopic (exact) mass is 709 g/mol. The molecule has 0 unspecified atom stereocenters. The Kier molecular flexibility index (Phi) is 10.9. The maximum absolute atomic E-state index is 12.7. The van der Waals surface area contributed by atoms with Crippen LogP contribution in [0, 0.1) is 0 Å². The summed E-state index contributed by atoms with van der Waals surface area (Å²) in [4.78, 5) is 0. The first-order valence-electron chi connectivity index (χ1n) is 17.6. The van der Waals surface area contributed by atoms with Gasteiger partial charge in [0.2, 0.25) is 10.0 Å². The molecule has 0 aliphatic rings. The van der Waals surface area contributed by atoms with Crippen molar-refractivity contribution >= 4 is 37.5 Å². The minimum absolute atomic E-state index is 0.293. The van der Waals surface area contributed by atoms with Crippen molar-refractivity contribution in [3.05, 3.63) is 174 Å². The number of nitrogens with one attached hydrogen (secondary N) is 1. The Morgan fingerprint density at radius 3 is 1.98 bits per heavy atom. The van der Waals surface area contributed by atoms with Gasteiger partial charge < -0.3 is 19.4 Å². The number of sulfonamides is 1. The Labute approximate surface area is 306 Å². The topological polar surface area (TPSA) is 72.8 Å². The molecule has 0 amide bonds. The Balaban J connectivity index is 0.995. The van der Waals surface area contributed by atoms with Gasteiger partial charge in [-0.15, -0.1) is 0 Å². The number of fused-ring (bicyclic) bond motifs is 3. The minimum Gasteiger partial charge on any atom is -0.492 e. The van der Waals surface area contributed by atoms with Gasteiger partial charge in [-0.25, -0.2) is 8.42 Å². The fraction of sp³-hybridized carbons (Fsp3) is 0.182. The smallest absolute Gasteiger partial charge is 0.232 e. The summed E-state index contributed by atoms with van der Waals surface area (Å²) in [5.41, 5.74) is 7.30. The second kappa shape index (κ2) is 16.2. The van der Waals surface area contributed by atoms with E-state index in [9.17, 15) is 8.42 Å². The molecule has 0 aliphatic carbocycles. The van der Waals surface area contributed by atoms with Gasteiger partial charge in [-0.05, 0) is 77.7 Å². The van der Waals surface area contributed by atoms with Crippen molar-refractivity contribution in [3.8, 4) is 11.5 Å².